The Balaban J connectivity index is 2.29. The summed E-state index contributed by atoms with van der Waals surface area (Å²) >= 11 is 1.33. The molecule has 2 aromatic heterocycles. The molecule has 2 rings (SSSR count). The third-order valence-corrected chi connectivity index (χ3v) is 5.33. The maximum atomic E-state index is 11.6. The van der Waals surface area contributed by atoms with Gasteiger partial charge in [0.05, 0.1) is 18.9 Å². The number of hydrogen-bond donors (Lipinski definition) is 3. The van der Waals surface area contributed by atoms with Crippen LogP contribution >= 0.6 is 11.8 Å². The highest BCUT2D eigenvalue weighted by Gasteiger charge is 2.17. The molecule has 10 nitrogen and oxygen atoms in total. The highest BCUT2D eigenvalue weighted by atomic mass is 32.2. The van der Waals surface area contributed by atoms with Crippen molar-refractivity contribution in [2.75, 3.05) is 22.9 Å². The highest BCUT2D eigenvalue weighted by molar-refractivity contribution is 7.99. The first-order chi connectivity index (χ1) is 13.6. The van der Waals surface area contributed by atoms with Gasteiger partial charge >= 0.3 is 0 Å². The maximum Gasteiger partial charge on any atom is 0.242 e. The van der Waals surface area contributed by atoms with Gasteiger partial charge < -0.3 is 10.4 Å². The van der Waals surface area contributed by atoms with Gasteiger partial charge in [-0.25, -0.2) is 18.4 Å². The van der Waals surface area contributed by atoms with Gasteiger partial charge in [0.15, 0.2) is 5.16 Å². The quantitative estimate of drug-likeness (QED) is 0.468. The Morgan fingerprint density at radius 1 is 1.10 bits per heavy atom. The third-order valence-electron chi connectivity index (χ3n) is 3.75. The molecule has 2 heterocycles. The van der Waals surface area contributed by atoms with Gasteiger partial charge in [-0.2, -0.15) is 15.0 Å². The molecule has 2 aromatic rings. The summed E-state index contributed by atoms with van der Waals surface area (Å²) in [4.78, 5) is 21.1. The van der Waals surface area contributed by atoms with Crippen LogP contribution in [0.1, 0.15) is 43.8 Å². The van der Waals surface area contributed by atoms with E-state index in [1.165, 1.54) is 11.8 Å². The Morgan fingerprint density at radius 3 is 2.28 bits per heavy atom. The molecule has 12 heteroatoms. The molecule has 0 aliphatic carbocycles. The van der Waals surface area contributed by atoms with Gasteiger partial charge in [-0.1, -0.05) is 25.6 Å². The monoisotopic (exact) mass is 441 g/mol. The van der Waals surface area contributed by atoms with E-state index in [-0.39, 0.29) is 29.8 Å². The number of aromatic nitrogens is 5. The second-order valence-electron chi connectivity index (χ2n) is 7.12. The smallest absolute Gasteiger partial charge is 0.242 e. The Bertz CT molecular complexity index is 908. The van der Waals surface area contributed by atoms with Gasteiger partial charge in [0.1, 0.15) is 5.82 Å². The summed E-state index contributed by atoms with van der Waals surface area (Å²) in [5.74, 6) is 1.14. The predicted octanol–water partition coefficient (Wildman–Crippen LogP) is 2.01. The zero-order valence-electron chi connectivity index (χ0n) is 17.1. The Hall–Kier alpha value is -2.05. The number of rotatable bonds is 10. The number of sulfonamides is 1. The molecule has 2 atom stereocenters. The van der Waals surface area contributed by atoms with Crippen molar-refractivity contribution in [2.24, 2.45) is 5.92 Å². The van der Waals surface area contributed by atoms with Gasteiger partial charge in [-0.3, -0.25) is 4.72 Å². The lowest BCUT2D eigenvalue weighted by Crippen LogP contribution is -2.27. The standard InChI is InChI=1S/C17H27N7O3S2/c1-10(2)6-14(9-25)20-15-21-16(24-29(5,26)27)23-17(22-15)28-11(3)13-7-18-12(4)19-8-13/h7-8,10-11,14,25H,6,9H2,1-5H3,(H2,20,21,22,23,24)/t11-,14-/m1/s1. The van der Waals surface area contributed by atoms with E-state index in [1.54, 1.807) is 12.4 Å². The first-order valence-electron chi connectivity index (χ1n) is 9.12. The summed E-state index contributed by atoms with van der Waals surface area (Å²) in [5, 5.41) is 12.9. The summed E-state index contributed by atoms with van der Waals surface area (Å²) < 4.78 is 25.5. The first-order valence-corrected chi connectivity index (χ1v) is 11.9. The zero-order chi connectivity index (χ0) is 21.6. The first kappa shape index (κ1) is 23.2. The van der Waals surface area contributed by atoms with Crippen LogP contribution in [0.15, 0.2) is 17.6 Å². The Labute approximate surface area is 175 Å². The van der Waals surface area contributed by atoms with Gasteiger partial charge in [-0.05, 0) is 26.2 Å². The molecule has 0 bridgehead atoms. The van der Waals surface area contributed by atoms with Crippen LogP contribution in [0.25, 0.3) is 0 Å². The van der Waals surface area contributed by atoms with Gasteiger partial charge in [0, 0.05) is 23.2 Å². The molecular formula is C17H27N7O3S2. The van der Waals surface area contributed by atoms with Crippen molar-refractivity contribution in [3.05, 3.63) is 23.8 Å². The minimum Gasteiger partial charge on any atom is -0.394 e. The summed E-state index contributed by atoms with van der Waals surface area (Å²) in [6.45, 7) is 7.75. The van der Waals surface area contributed by atoms with E-state index in [1.807, 2.05) is 27.7 Å². The van der Waals surface area contributed by atoms with Crippen LogP contribution in [0.2, 0.25) is 0 Å². The van der Waals surface area contributed by atoms with Crippen molar-refractivity contribution < 1.29 is 13.5 Å². The number of thioether (sulfide) groups is 1. The molecule has 3 N–H and O–H groups in total. The van der Waals surface area contributed by atoms with Gasteiger partial charge in [-0.15, -0.1) is 0 Å². The number of aryl methyl sites for hydroxylation is 1. The molecule has 0 fully saturated rings. The molecule has 0 aliphatic rings. The summed E-state index contributed by atoms with van der Waals surface area (Å²) in [7, 11) is -3.56. The molecule has 0 amide bonds. The molecule has 0 saturated carbocycles. The lowest BCUT2D eigenvalue weighted by Gasteiger charge is -2.19. The molecule has 0 saturated heterocycles. The number of nitrogens with zero attached hydrogens (tertiary/aromatic N) is 5. The maximum absolute atomic E-state index is 11.6. The molecule has 0 radical (unpaired) electrons. The highest BCUT2D eigenvalue weighted by Crippen LogP contribution is 2.33. The SMILES string of the molecule is Cc1ncc([C@@H](C)Sc2nc(N[C@@H](CO)CC(C)C)nc(NS(C)(=O)=O)n2)cn1. The fraction of sp³-hybridized carbons (Fsp3) is 0.588. The van der Waals surface area contributed by atoms with E-state index in [9.17, 15) is 13.5 Å². The molecule has 0 aliphatic heterocycles. The van der Waals surface area contributed by atoms with E-state index >= 15 is 0 Å². The minimum atomic E-state index is -3.56. The Kier molecular flexibility index (Phi) is 8.11. The number of aliphatic hydroxyl groups excluding tert-OH is 1. The largest absolute Gasteiger partial charge is 0.394 e. The second kappa shape index (κ2) is 10.1. The molecule has 0 unspecified atom stereocenters. The summed E-state index contributed by atoms with van der Waals surface area (Å²) in [6, 6.07) is -0.260. The molecular weight excluding hydrogens is 414 g/mol. The molecule has 160 valence electrons. The zero-order valence-corrected chi connectivity index (χ0v) is 18.8. The Morgan fingerprint density at radius 2 is 1.72 bits per heavy atom. The summed E-state index contributed by atoms with van der Waals surface area (Å²) in [5.41, 5.74) is 0.890. The van der Waals surface area contributed by atoms with Crippen molar-refractivity contribution >= 4 is 33.7 Å². The van der Waals surface area contributed by atoms with E-state index in [4.69, 9.17) is 0 Å². The number of anilines is 2. The normalized spacial score (nSPS) is 13.9. The average molecular weight is 442 g/mol. The van der Waals surface area contributed by atoms with E-state index < -0.39 is 10.0 Å². The van der Waals surface area contributed by atoms with Crippen LogP contribution in [-0.2, 0) is 10.0 Å². The van der Waals surface area contributed by atoms with Crippen molar-refractivity contribution in [1.29, 1.82) is 0 Å². The second-order valence-corrected chi connectivity index (χ2v) is 10.2. The van der Waals surface area contributed by atoms with Crippen LogP contribution in [0.4, 0.5) is 11.9 Å². The molecule has 0 spiro atoms. The predicted molar refractivity (Wildman–Crippen MR) is 113 cm³/mol. The number of nitrogens with one attached hydrogen (secondary N) is 2. The number of aliphatic hydroxyl groups is 1. The van der Waals surface area contributed by atoms with Crippen LogP contribution in [0, 0.1) is 12.8 Å². The van der Waals surface area contributed by atoms with Gasteiger partial charge in [0.2, 0.25) is 21.9 Å². The van der Waals surface area contributed by atoms with E-state index in [2.05, 4.69) is 35.0 Å². The lowest BCUT2D eigenvalue weighted by molar-refractivity contribution is 0.259. The van der Waals surface area contributed by atoms with Crippen molar-refractivity contribution in [1.82, 2.24) is 24.9 Å². The average Bonchev–Trinajstić information content (AvgIpc) is 2.59. The van der Waals surface area contributed by atoms with Crippen molar-refractivity contribution in [2.45, 2.75) is 50.6 Å². The third kappa shape index (κ3) is 8.07. The fourth-order valence-corrected chi connectivity index (χ4v) is 3.73. The topological polar surface area (TPSA) is 143 Å². The van der Waals surface area contributed by atoms with Crippen molar-refractivity contribution in [3.63, 3.8) is 0 Å². The van der Waals surface area contributed by atoms with Crippen LogP contribution in [0.5, 0.6) is 0 Å². The minimum absolute atomic E-state index is 0.0683. The van der Waals surface area contributed by atoms with Crippen LogP contribution < -0.4 is 10.0 Å². The van der Waals surface area contributed by atoms with E-state index in [0.717, 1.165) is 11.8 Å². The van der Waals surface area contributed by atoms with Crippen LogP contribution in [-0.4, -0.2) is 57.3 Å². The van der Waals surface area contributed by atoms with Crippen LogP contribution in [0.3, 0.4) is 0 Å². The van der Waals surface area contributed by atoms with Crippen molar-refractivity contribution in [3.8, 4) is 0 Å². The fourth-order valence-electron chi connectivity index (χ4n) is 2.45. The molecule has 29 heavy (non-hydrogen) atoms. The van der Waals surface area contributed by atoms with E-state index in [0.29, 0.717) is 23.3 Å². The molecule has 0 aromatic carbocycles. The lowest BCUT2D eigenvalue weighted by atomic mass is 10.0. The summed E-state index contributed by atoms with van der Waals surface area (Å²) in [6.07, 6.45) is 5.20. The number of hydrogen-bond acceptors (Lipinski definition) is 10. The van der Waals surface area contributed by atoms with Gasteiger partial charge in [0.25, 0.3) is 0 Å².